The van der Waals surface area contributed by atoms with E-state index < -0.39 is 17.9 Å². The summed E-state index contributed by atoms with van der Waals surface area (Å²) in [5, 5.41) is 1.26. The van der Waals surface area contributed by atoms with Crippen LogP contribution in [-0.2, 0) is 14.3 Å². The molecule has 0 aromatic rings. The summed E-state index contributed by atoms with van der Waals surface area (Å²) in [6.07, 6.45) is 0.113. The van der Waals surface area contributed by atoms with Crippen molar-refractivity contribution in [3.8, 4) is 0 Å². The lowest BCUT2D eigenvalue weighted by Crippen LogP contribution is -2.06. The number of ether oxygens (including phenoxy) is 1. The lowest BCUT2D eigenvalue weighted by atomic mass is 10.1. The number of carbonyl (C=O) groups excluding carboxylic acids is 2. The molecule has 1 saturated heterocycles. The maximum Gasteiger partial charge on any atom is 0.321 e. The molecule has 1 heterocycles. The highest BCUT2D eigenvalue weighted by atomic mass is 32.1. The molecular weight excluding hydrogens is 140 g/mol. The van der Waals surface area contributed by atoms with Crippen LogP contribution in [0, 0.1) is 5.92 Å². The van der Waals surface area contributed by atoms with Gasteiger partial charge in [0.2, 0.25) is 0 Å². The van der Waals surface area contributed by atoms with Gasteiger partial charge in [0.15, 0.2) is 0 Å². The molecule has 0 spiro atoms. The molecule has 1 unspecified atom stereocenters. The summed E-state index contributed by atoms with van der Waals surface area (Å²) in [5.74, 6) is -1.48. The van der Waals surface area contributed by atoms with E-state index in [0.717, 1.165) is 0 Å². The summed E-state index contributed by atoms with van der Waals surface area (Å²) in [5.41, 5.74) is 0. The number of hydrogen-bond donors (Lipinski definition) is 0. The molecule has 0 N–H and O–H groups in total. The van der Waals surface area contributed by atoms with Gasteiger partial charge < -0.3 is 4.74 Å². The summed E-state index contributed by atoms with van der Waals surface area (Å²) in [4.78, 5) is 20.8. The Morgan fingerprint density at radius 2 is 2.33 bits per heavy atom. The van der Waals surface area contributed by atoms with Crippen LogP contribution in [0.5, 0.6) is 0 Å². The molecule has 4 heteroatoms. The van der Waals surface area contributed by atoms with Crippen LogP contribution in [0.15, 0.2) is 0 Å². The zero-order chi connectivity index (χ0) is 6.85. The number of hydrogen-bond acceptors (Lipinski definition) is 4. The minimum Gasteiger partial charge on any atom is -0.393 e. The molecule has 0 aromatic carbocycles. The van der Waals surface area contributed by atoms with Crippen LogP contribution < -0.4 is 0 Å². The lowest BCUT2D eigenvalue weighted by molar-refractivity contribution is -0.152. The number of rotatable bonds is 1. The topological polar surface area (TPSA) is 43.4 Å². The van der Waals surface area contributed by atoms with Crippen molar-refractivity contribution in [2.45, 2.75) is 6.42 Å². The van der Waals surface area contributed by atoms with Crippen molar-refractivity contribution < 1.29 is 14.3 Å². The minimum absolute atomic E-state index is 0.113. The highest BCUT2D eigenvalue weighted by Crippen LogP contribution is 2.12. The molecule has 0 amide bonds. The van der Waals surface area contributed by atoms with Crippen LogP contribution in [0.2, 0.25) is 0 Å². The molecule has 48 valence electrons. The Morgan fingerprint density at radius 1 is 1.67 bits per heavy atom. The molecule has 1 fully saturated rings. The highest BCUT2D eigenvalue weighted by Gasteiger charge is 2.31. The van der Waals surface area contributed by atoms with Gasteiger partial charge in [-0.3, -0.25) is 9.59 Å². The Morgan fingerprint density at radius 3 is 2.56 bits per heavy atom. The molecule has 0 aliphatic carbocycles. The average Bonchev–Trinajstić information content (AvgIpc) is 2.10. The summed E-state index contributed by atoms with van der Waals surface area (Å²) in [6, 6.07) is 0. The second-order valence-corrected chi connectivity index (χ2v) is 2.01. The van der Waals surface area contributed by atoms with Crippen LogP contribution in [0.4, 0.5) is 0 Å². The first-order valence-corrected chi connectivity index (χ1v) is 2.91. The molecule has 0 radical (unpaired) electrons. The third-order valence-corrected chi connectivity index (χ3v) is 1.40. The zero-order valence-electron chi connectivity index (χ0n) is 4.49. The number of esters is 2. The third-order valence-electron chi connectivity index (χ3n) is 1.07. The summed E-state index contributed by atoms with van der Waals surface area (Å²) in [6.45, 7) is 0. The van der Waals surface area contributed by atoms with Gasteiger partial charge in [-0.1, -0.05) is 12.2 Å². The molecule has 0 aromatic heterocycles. The van der Waals surface area contributed by atoms with Crippen molar-refractivity contribution in [1.29, 1.82) is 0 Å². The molecule has 3 nitrogen and oxygen atoms in total. The van der Waals surface area contributed by atoms with Crippen molar-refractivity contribution in [2.75, 3.05) is 0 Å². The molecule has 1 atom stereocenters. The maximum absolute atomic E-state index is 10.5. The first kappa shape index (κ1) is 6.35. The molecule has 1 rings (SSSR count). The Hall–Kier alpha value is -0.770. The maximum atomic E-state index is 10.5. The van der Waals surface area contributed by atoms with Crippen molar-refractivity contribution in [3.05, 3.63) is 0 Å². The third kappa shape index (κ3) is 1.13. The van der Waals surface area contributed by atoms with Gasteiger partial charge in [0, 0.05) is 0 Å². The Balaban J connectivity index is 2.68. The predicted molar refractivity (Wildman–Crippen MR) is 32.9 cm³/mol. The van der Waals surface area contributed by atoms with Crippen LogP contribution >= 0.6 is 12.2 Å². The SMILES string of the molecule is O=C1CC(C=S)C(=O)O1. The smallest absolute Gasteiger partial charge is 0.321 e. The summed E-state index contributed by atoms with van der Waals surface area (Å²) >= 11 is 4.46. The Kier molecular flexibility index (Phi) is 1.57. The second kappa shape index (κ2) is 2.23. The molecular formula is C5H4O3S. The van der Waals surface area contributed by atoms with Gasteiger partial charge in [-0.05, 0) is 5.37 Å². The van der Waals surface area contributed by atoms with Crippen LogP contribution in [0.1, 0.15) is 6.42 Å². The van der Waals surface area contributed by atoms with Gasteiger partial charge in [-0.15, -0.1) is 0 Å². The fraction of sp³-hybridized carbons (Fsp3) is 0.400. The number of carbonyl (C=O) groups is 2. The second-order valence-electron chi connectivity index (χ2n) is 1.74. The largest absolute Gasteiger partial charge is 0.393 e. The van der Waals surface area contributed by atoms with Crippen LogP contribution in [-0.4, -0.2) is 17.3 Å². The summed E-state index contributed by atoms with van der Waals surface area (Å²) in [7, 11) is 0. The minimum atomic E-state index is -0.519. The first-order chi connectivity index (χ1) is 4.24. The molecule has 1 aliphatic rings. The summed E-state index contributed by atoms with van der Waals surface area (Å²) < 4.78 is 4.19. The van der Waals surface area contributed by atoms with E-state index in [4.69, 9.17) is 0 Å². The molecule has 0 saturated carbocycles. The lowest BCUT2D eigenvalue weighted by Gasteiger charge is -1.87. The van der Waals surface area contributed by atoms with Gasteiger partial charge in [-0.2, -0.15) is 0 Å². The molecule has 1 aliphatic heterocycles. The van der Waals surface area contributed by atoms with E-state index >= 15 is 0 Å². The van der Waals surface area contributed by atoms with E-state index in [1.165, 1.54) is 5.37 Å². The van der Waals surface area contributed by atoms with E-state index in [2.05, 4.69) is 17.0 Å². The number of cyclic esters (lactones) is 2. The monoisotopic (exact) mass is 144 g/mol. The zero-order valence-corrected chi connectivity index (χ0v) is 5.31. The van der Waals surface area contributed by atoms with E-state index in [9.17, 15) is 9.59 Å². The van der Waals surface area contributed by atoms with E-state index in [-0.39, 0.29) is 6.42 Å². The molecule has 9 heavy (non-hydrogen) atoms. The van der Waals surface area contributed by atoms with Gasteiger partial charge in [0.25, 0.3) is 0 Å². The van der Waals surface area contributed by atoms with Gasteiger partial charge in [0.1, 0.15) is 0 Å². The average molecular weight is 144 g/mol. The molecule has 0 bridgehead atoms. The van der Waals surface area contributed by atoms with Crippen LogP contribution in [0.25, 0.3) is 0 Å². The van der Waals surface area contributed by atoms with Gasteiger partial charge >= 0.3 is 11.9 Å². The number of thiocarbonyl (C=S) groups is 1. The van der Waals surface area contributed by atoms with Crippen LogP contribution in [0.3, 0.4) is 0 Å². The fourth-order valence-corrected chi connectivity index (χ4v) is 0.803. The van der Waals surface area contributed by atoms with Crippen molar-refractivity contribution >= 4 is 29.5 Å². The van der Waals surface area contributed by atoms with Gasteiger partial charge in [0.05, 0.1) is 12.3 Å². The fourth-order valence-electron chi connectivity index (χ4n) is 0.596. The normalized spacial score (nSPS) is 26.0. The van der Waals surface area contributed by atoms with Gasteiger partial charge in [-0.25, -0.2) is 0 Å². The van der Waals surface area contributed by atoms with Crippen molar-refractivity contribution in [2.24, 2.45) is 5.92 Å². The van der Waals surface area contributed by atoms with E-state index in [1.807, 2.05) is 0 Å². The van der Waals surface area contributed by atoms with E-state index in [0.29, 0.717) is 0 Å². The standard InChI is InChI=1S/C5H4O3S/c6-4-1-3(2-9)5(7)8-4/h2-3H,1H2. The van der Waals surface area contributed by atoms with E-state index in [1.54, 1.807) is 0 Å². The van der Waals surface area contributed by atoms with Crippen molar-refractivity contribution in [3.63, 3.8) is 0 Å². The predicted octanol–water partition coefficient (Wildman–Crippen LogP) is 0.0758. The highest BCUT2D eigenvalue weighted by molar-refractivity contribution is 7.79. The first-order valence-electron chi connectivity index (χ1n) is 2.44. The quantitative estimate of drug-likeness (QED) is 0.297. The Labute approximate surface area is 57.0 Å². The Bertz CT molecular complexity index is 175. The van der Waals surface area contributed by atoms with Crippen molar-refractivity contribution in [1.82, 2.24) is 0 Å².